The Morgan fingerprint density at radius 1 is 1.56 bits per heavy atom. The van der Waals surface area contributed by atoms with Gasteiger partial charge in [0, 0.05) is 17.5 Å². The first-order valence-corrected chi connectivity index (χ1v) is 6.56. The van der Waals surface area contributed by atoms with Crippen molar-refractivity contribution in [2.45, 2.75) is 13.8 Å². The third kappa shape index (κ3) is 3.84. The number of benzene rings is 1. The highest BCUT2D eigenvalue weighted by Crippen LogP contribution is 2.33. The summed E-state index contributed by atoms with van der Waals surface area (Å²) in [5.74, 6) is -0.116. The van der Waals surface area contributed by atoms with Crippen molar-refractivity contribution < 1.29 is 14.1 Å². The van der Waals surface area contributed by atoms with Gasteiger partial charge in [-0.05, 0) is 21.7 Å². The van der Waals surface area contributed by atoms with E-state index in [0.717, 1.165) is 12.1 Å². The van der Waals surface area contributed by atoms with Gasteiger partial charge in [0.1, 0.15) is 5.82 Å². The maximum absolute atomic E-state index is 13.4. The first-order chi connectivity index (χ1) is 8.26. The minimum Gasteiger partial charge on any atom is -0.486 e. The first kappa shape index (κ1) is 15.2. The molecule has 0 aliphatic carbocycles. The Balaban J connectivity index is 3.01. The Morgan fingerprint density at radius 3 is 2.67 bits per heavy atom. The number of nitro groups is 1. The largest absolute Gasteiger partial charge is 0.486 e. The number of hydrogen-bond donors (Lipinski definition) is 1. The van der Waals surface area contributed by atoms with E-state index in [9.17, 15) is 14.5 Å². The number of halogens is 2. The topological polar surface area (TPSA) is 52.4 Å². The molecule has 0 amide bonds. The van der Waals surface area contributed by atoms with Gasteiger partial charge in [0.15, 0.2) is 5.75 Å². The molecule has 100 valence electrons. The van der Waals surface area contributed by atoms with E-state index in [2.05, 4.69) is 28.6 Å². The molecule has 7 heteroatoms. The average Bonchev–Trinajstić information content (AvgIpc) is 2.30. The molecule has 0 aliphatic rings. The normalized spacial score (nSPS) is 11.4. The number of nitro benzene ring substituents is 1. The lowest BCUT2D eigenvalue weighted by molar-refractivity contribution is -0.386. The zero-order chi connectivity index (χ0) is 13.9. The lowest BCUT2D eigenvalue weighted by Gasteiger charge is -2.22. The predicted molar refractivity (Wildman–Crippen MR) is 73.9 cm³/mol. The van der Waals surface area contributed by atoms with E-state index in [4.69, 9.17) is 4.74 Å². The van der Waals surface area contributed by atoms with Crippen molar-refractivity contribution in [3.05, 3.63) is 32.5 Å². The Hall–Kier alpha value is -0.820. The van der Waals surface area contributed by atoms with Crippen molar-refractivity contribution in [1.29, 1.82) is 0 Å². The molecule has 0 heterocycles. The van der Waals surface area contributed by atoms with E-state index >= 15 is 0 Å². The lowest BCUT2D eigenvalue weighted by atomic mass is 9.98. The molecule has 0 saturated carbocycles. The van der Waals surface area contributed by atoms with Crippen LogP contribution < -0.4 is 4.74 Å². The summed E-state index contributed by atoms with van der Waals surface area (Å²) in [7, 11) is 0. The third-order valence-corrected chi connectivity index (χ3v) is 3.71. The molecule has 0 aliphatic heterocycles. The Bertz CT molecular complexity index is 468. The lowest BCUT2D eigenvalue weighted by Crippen LogP contribution is -2.23. The molecule has 18 heavy (non-hydrogen) atoms. The van der Waals surface area contributed by atoms with Crippen molar-refractivity contribution in [2.24, 2.45) is 5.41 Å². The van der Waals surface area contributed by atoms with Gasteiger partial charge in [-0.3, -0.25) is 10.1 Å². The summed E-state index contributed by atoms with van der Waals surface area (Å²) >= 11 is 7.06. The maximum atomic E-state index is 13.4. The van der Waals surface area contributed by atoms with Crippen LogP contribution in [0.15, 0.2) is 16.6 Å². The van der Waals surface area contributed by atoms with E-state index in [-0.39, 0.29) is 27.9 Å². The molecule has 0 N–H and O–H groups in total. The second-order valence-electron chi connectivity index (χ2n) is 4.60. The monoisotopic (exact) mass is 337 g/mol. The van der Waals surface area contributed by atoms with Crippen LogP contribution in [-0.2, 0) is 0 Å². The first-order valence-electron chi connectivity index (χ1n) is 5.14. The minimum atomic E-state index is -0.604. The van der Waals surface area contributed by atoms with Gasteiger partial charge in [0.25, 0.3) is 0 Å². The molecular formula is C11H13BrFNO3S. The van der Waals surface area contributed by atoms with Gasteiger partial charge in [-0.15, -0.1) is 0 Å². The Labute approximate surface area is 118 Å². The molecule has 0 atom stereocenters. The van der Waals surface area contributed by atoms with Crippen LogP contribution in [0.2, 0.25) is 0 Å². The molecule has 0 bridgehead atoms. The summed E-state index contributed by atoms with van der Waals surface area (Å²) < 4.78 is 18.7. The molecule has 1 aromatic rings. The molecule has 1 rings (SSSR count). The van der Waals surface area contributed by atoms with Crippen LogP contribution in [-0.4, -0.2) is 17.3 Å². The van der Waals surface area contributed by atoms with Gasteiger partial charge in [-0.25, -0.2) is 4.39 Å². The Morgan fingerprint density at radius 2 is 2.17 bits per heavy atom. The van der Waals surface area contributed by atoms with Gasteiger partial charge < -0.3 is 4.74 Å². The number of nitrogens with zero attached hydrogens (tertiary/aromatic N) is 1. The molecule has 0 unspecified atom stereocenters. The molecule has 1 aromatic carbocycles. The zero-order valence-electron chi connectivity index (χ0n) is 9.94. The van der Waals surface area contributed by atoms with Crippen LogP contribution in [0, 0.1) is 21.3 Å². The summed E-state index contributed by atoms with van der Waals surface area (Å²) in [6.07, 6.45) is 0. The molecule has 0 radical (unpaired) electrons. The van der Waals surface area contributed by atoms with Crippen LogP contribution in [0.25, 0.3) is 0 Å². The third-order valence-electron chi connectivity index (χ3n) is 2.25. The van der Waals surface area contributed by atoms with Crippen LogP contribution in [0.1, 0.15) is 13.8 Å². The number of ether oxygens (including phenoxy) is 1. The number of rotatable bonds is 5. The number of thiol groups is 1. The Kier molecular flexibility index (Phi) is 4.98. The van der Waals surface area contributed by atoms with Crippen LogP contribution in [0.4, 0.5) is 10.1 Å². The van der Waals surface area contributed by atoms with Gasteiger partial charge in [-0.2, -0.15) is 12.6 Å². The standard InChI is InChI=1S/C11H13BrFNO3S/c1-11(2,6-18)5-17-10-4-8(13)7(12)3-9(10)14(15)16/h3-4,18H,5-6H2,1-2H3. The van der Waals surface area contributed by atoms with E-state index in [1.165, 1.54) is 0 Å². The van der Waals surface area contributed by atoms with E-state index < -0.39 is 10.7 Å². The average molecular weight is 338 g/mol. The molecule has 0 aromatic heterocycles. The highest BCUT2D eigenvalue weighted by Gasteiger charge is 2.22. The molecular weight excluding hydrogens is 325 g/mol. The fourth-order valence-electron chi connectivity index (χ4n) is 1.10. The predicted octanol–water partition coefficient (Wildman–Crippen LogP) is 3.83. The van der Waals surface area contributed by atoms with Crippen molar-refractivity contribution in [3.63, 3.8) is 0 Å². The zero-order valence-corrected chi connectivity index (χ0v) is 12.4. The van der Waals surface area contributed by atoms with Crippen molar-refractivity contribution in [3.8, 4) is 5.75 Å². The summed E-state index contributed by atoms with van der Waals surface area (Å²) in [4.78, 5) is 10.2. The number of hydrogen-bond acceptors (Lipinski definition) is 4. The van der Waals surface area contributed by atoms with Gasteiger partial charge in [-0.1, -0.05) is 13.8 Å². The van der Waals surface area contributed by atoms with Gasteiger partial charge in [0.05, 0.1) is 16.0 Å². The van der Waals surface area contributed by atoms with Crippen molar-refractivity contribution in [2.75, 3.05) is 12.4 Å². The molecule has 0 saturated heterocycles. The SMILES string of the molecule is CC(C)(CS)COc1cc(F)c(Br)cc1[N+](=O)[O-]. The fourth-order valence-corrected chi connectivity index (χ4v) is 1.52. The highest BCUT2D eigenvalue weighted by atomic mass is 79.9. The maximum Gasteiger partial charge on any atom is 0.312 e. The fraction of sp³-hybridized carbons (Fsp3) is 0.455. The van der Waals surface area contributed by atoms with Crippen LogP contribution >= 0.6 is 28.6 Å². The summed E-state index contributed by atoms with van der Waals surface area (Å²) in [5, 5.41) is 10.8. The molecule has 4 nitrogen and oxygen atoms in total. The van der Waals surface area contributed by atoms with Crippen molar-refractivity contribution in [1.82, 2.24) is 0 Å². The van der Waals surface area contributed by atoms with Gasteiger partial charge >= 0.3 is 5.69 Å². The minimum absolute atomic E-state index is 0.0370. The van der Waals surface area contributed by atoms with E-state index in [0.29, 0.717) is 5.75 Å². The quantitative estimate of drug-likeness (QED) is 0.504. The smallest absolute Gasteiger partial charge is 0.312 e. The van der Waals surface area contributed by atoms with Crippen LogP contribution in [0.3, 0.4) is 0 Å². The van der Waals surface area contributed by atoms with E-state index in [1.54, 1.807) is 0 Å². The summed E-state index contributed by atoms with van der Waals surface area (Å²) in [5.41, 5.74) is -0.515. The van der Waals surface area contributed by atoms with Gasteiger partial charge in [0.2, 0.25) is 0 Å². The summed E-state index contributed by atoms with van der Waals surface area (Å²) in [6, 6.07) is 2.11. The molecule has 0 fully saturated rings. The highest BCUT2D eigenvalue weighted by molar-refractivity contribution is 9.10. The van der Waals surface area contributed by atoms with E-state index in [1.807, 2.05) is 13.8 Å². The van der Waals surface area contributed by atoms with Crippen LogP contribution in [0.5, 0.6) is 5.75 Å². The second kappa shape index (κ2) is 5.88. The second-order valence-corrected chi connectivity index (χ2v) is 5.77. The molecule has 0 spiro atoms. The summed E-state index contributed by atoms with van der Waals surface area (Å²) in [6.45, 7) is 4.03. The van der Waals surface area contributed by atoms with Crippen molar-refractivity contribution >= 4 is 34.2 Å².